The Hall–Kier alpha value is -3.50. The van der Waals surface area contributed by atoms with E-state index in [0.717, 1.165) is 0 Å². The molecular weight excluding hydrogens is 596 g/mol. The van der Waals surface area contributed by atoms with Gasteiger partial charge in [-0.1, -0.05) is 56.1 Å². The van der Waals surface area contributed by atoms with Gasteiger partial charge < -0.3 is 9.47 Å². The molecular formula is C26H18Br2N2O6. The molecule has 0 saturated heterocycles. The molecule has 10 heteroatoms. The molecule has 0 radical (unpaired) electrons. The van der Waals surface area contributed by atoms with E-state index in [1.807, 2.05) is 0 Å². The molecule has 3 aromatic rings. The van der Waals surface area contributed by atoms with Crippen LogP contribution in [0.4, 0.5) is 11.4 Å². The summed E-state index contributed by atoms with van der Waals surface area (Å²) in [6.45, 7) is 2.79. The van der Waals surface area contributed by atoms with Crippen LogP contribution in [0.15, 0.2) is 69.6 Å². The highest BCUT2D eigenvalue weighted by atomic mass is 79.9. The van der Waals surface area contributed by atoms with Gasteiger partial charge in [-0.15, -0.1) is 0 Å². The summed E-state index contributed by atoms with van der Waals surface area (Å²) >= 11 is 6.67. The summed E-state index contributed by atoms with van der Waals surface area (Å²) in [7, 11) is 0. The van der Waals surface area contributed by atoms with E-state index in [0.29, 0.717) is 31.4 Å². The lowest BCUT2D eigenvalue weighted by molar-refractivity contribution is -0.119. The number of hydrogen-bond acceptors (Lipinski definition) is 6. The summed E-state index contributed by atoms with van der Waals surface area (Å²) < 4.78 is 12.7. The van der Waals surface area contributed by atoms with Gasteiger partial charge in [0.2, 0.25) is 24.3 Å². The van der Waals surface area contributed by atoms with Crippen LogP contribution in [0, 0.1) is 0 Å². The second kappa shape index (κ2) is 9.18. The van der Waals surface area contributed by atoms with E-state index in [2.05, 4.69) is 31.9 Å². The maximum absolute atomic E-state index is 12.7. The number of cyclic esters (lactones) is 2. The Morgan fingerprint density at radius 3 is 1.36 bits per heavy atom. The highest BCUT2D eigenvalue weighted by molar-refractivity contribution is 9.10. The molecule has 2 unspecified atom stereocenters. The Kier molecular flexibility index (Phi) is 6.17. The quantitative estimate of drug-likeness (QED) is 0.347. The Morgan fingerprint density at radius 2 is 1.03 bits per heavy atom. The van der Waals surface area contributed by atoms with Crippen molar-refractivity contribution in [3.63, 3.8) is 0 Å². The summed E-state index contributed by atoms with van der Waals surface area (Å²) in [4.78, 5) is 53.4. The first-order valence-electron chi connectivity index (χ1n) is 10.9. The molecule has 2 amide bonds. The molecule has 5 rings (SSSR count). The molecule has 0 aromatic heterocycles. The standard InChI is InChI=1S/C26H18Br2N2O6/c1-13(31)29-21-9-7-17(27)11-19(21)25(33)35-23(29)15-3-5-16(6-4-15)24-30(14(2)32)22-10-8-18(28)12-20(22)26(34)36-24/h3-12,23-24H,1-2H3. The first-order valence-corrected chi connectivity index (χ1v) is 12.4. The van der Waals surface area contributed by atoms with Crippen LogP contribution in [0.25, 0.3) is 0 Å². The van der Waals surface area contributed by atoms with Crippen molar-refractivity contribution in [2.45, 2.75) is 26.3 Å². The summed E-state index contributed by atoms with van der Waals surface area (Å²) in [5.74, 6) is -1.70. The summed E-state index contributed by atoms with van der Waals surface area (Å²) in [5, 5.41) is 0. The third-order valence-electron chi connectivity index (χ3n) is 5.97. The molecule has 0 saturated carbocycles. The number of ether oxygens (including phenoxy) is 2. The lowest BCUT2D eigenvalue weighted by atomic mass is 10.0. The van der Waals surface area contributed by atoms with Crippen LogP contribution >= 0.6 is 31.9 Å². The zero-order valence-corrected chi connectivity index (χ0v) is 22.2. The molecule has 0 fully saturated rings. The van der Waals surface area contributed by atoms with Crippen LogP contribution in [-0.4, -0.2) is 23.8 Å². The van der Waals surface area contributed by atoms with Gasteiger partial charge in [0, 0.05) is 33.9 Å². The number of halogens is 2. The number of carbonyl (C=O) groups is 4. The second-order valence-electron chi connectivity index (χ2n) is 8.28. The molecule has 0 aliphatic carbocycles. The molecule has 182 valence electrons. The van der Waals surface area contributed by atoms with Crippen molar-refractivity contribution in [1.82, 2.24) is 0 Å². The number of hydrogen-bond donors (Lipinski definition) is 0. The van der Waals surface area contributed by atoms with Gasteiger partial charge in [0.25, 0.3) is 0 Å². The Balaban J connectivity index is 1.51. The maximum atomic E-state index is 12.7. The monoisotopic (exact) mass is 612 g/mol. The minimum atomic E-state index is -0.978. The van der Waals surface area contributed by atoms with Gasteiger partial charge >= 0.3 is 11.9 Å². The maximum Gasteiger partial charge on any atom is 0.342 e. The van der Waals surface area contributed by atoms with Crippen molar-refractivity contribution in [3.05, 3.63) is 91.9 Å². The van der Waals surface area contributed by atoms with E-state index < -0.39 is 24.4 Å². The van der Waals surface area contributed by atoms with E-state index in [9.17, 15) is 19.2 Å². The zero-order chi connectivity index (χ0) is 25.7. The first kappa shape index (κ1) is 24.2. The van der Waals surface area contributed by atoms with Gasteiger partial charge in [-0.2, -0.15) is 0 Å². The number of fused-ring (bicyclic) bond motifs is 2. The van der Waals surface area contributed by atoms with Crippen molar-refractivity contribution in [2.75, 3.05) is 9.80 Å². The normalized spacial score (nSPS) is 18.7. The van der Waals surface area contributed by atoms with Crippen molar-refractivity contribution in [3.8, 4) is 0 Å². The Labute approximate surface area is 223 Å². The van der Waals surface area contributed by atoms with Crippen molar-refractivity contribution in [1.29, 1.82) is 0 Å². The number of nitrogens with zero attached hydrogens (tertiary/aromatic N) is 2. The van der Waals surface area contributed by atoms with Crippen LogP contribution in [0.5, 0.6) is 0 Å². The minimum absolute atomic E-state index is 0.281. The SMILES string of the molecule is CC(=O)N1c2ccc(Br)cc2C(=O)OC1c1ccc(C2OC(=O)c3cc(Br)ccc3N2C(C)=O)cc1. The second-order valence-corrected chi connectivity index (χ2v) is 10.1. The third kappa shape index (κ3) is 4.10. The fourth-order valence-electron chi connectivity index (χ4n) is 4.38. The number of rotatable bonds is 2. The third-order valence-corrected chi connectivity index (χ3v) is 6.95. The van der Waals surface area contributed by atoms with Gasteiger partial charge in [0.05, 0.1) is 22.5 Å². The molecule has 2 heterocycles. The molecule has 0 spiro atoms. The Bertz CT molecular complexity index is 1330. The summed E-state index contributed by atoms with van der Waals surface area (Å²) in [5.41, 5.74) is 2.53. The smallest absolute Gasteiger partial charge is 0.342 e. The fourth-order valence-corrected chi connectivity index (χ4v) is 5.10. The molecule has 2 atom stereocenters. The van der Waals surface area contributed by atoms with E-state index in [1.165, 1.54) is 23.6 Å². The first-order chi connectivity index (χ1) is 17.2. The van der Waals surface area contributed by atoms with Gasteiger partial charge in [-0.25, -0.2) is 9.59 Å². The van der Waals surface area contributed by atoms with Crippen LogP contribution in [0.2, 0.25) is 0 Å². The summed E-state index contributed by atoms with van der Waals surface area (Å²) in [6, 6.07) is 16.8. The number of anilines is 2. The van der Waals surface area contributed by atoms with E-state index in [1.54, 1.807) is 60.7 Å². The van der Waals surface area contributed by atoms with E-state index in [4.69, 9.17) is 9.47 Å². The van der Waals surface area contributed by atoms with Crippen LogP contribution < -0.4 is 9.80 Å². The van der Waals surface area contributed by atoms with Gasteiger partial charge in [-0.05, 0) is 36.4 Å². The van der Waals surface area contributed by atoms with Crippen molar-refractivity contribution >= 4 is 67.0 Å². The number of esters is 2. The number of amides is 2. The summed E-state index contributed by atoms with van der Waals surface area (Å²) in [6.07, 6.45) is -1.96. The van der Waals surface area contributed by atoms with E-state index >= 15 is 0 Å². The molecule has 0 bridgehead atoms. The number of benzene rings is 3. The van der Waals surface area contributed by atoms with E-state index in [-0.39, 0.29) is 22.9 Å². The predicted octanol–water partition coefficient (Wildman–Crippen LogP) is 5.66. The highest BCUT2D eigenvalue weighted by Crippen LogP contribution is 2.41. The largest absolute Gasteiger partial charge is 0.433 e. The fraction of sp³-hybridized carbons (Fsp3) is 0.154. The van der Waals surface area contributed by atoms with Gasteiger partial charge in [0.1, 0.15) is 0 Å². The average Bonchev–Trinajstić information content (AvgIpc) is 2.84. The molecule has 8 nitrogen and oxygen atoms in total. The minimum Gasteiger partial charge on any atom is -0.433 e. The van der Waals surface area contributed by atoms with Gasteiger partial charge in [0.15, 0.2) is 0 Å². The highest BCUT2D eigenvalue weighted by Gasteiger charge is 2.38. The molecule has 2 aliphatic rings. The average molecular weight is 614 g/mol. The number of carbonyl (C=O) groups excluding carboxylic acids is 4. The van der Waals surface area contributed by atoms with Crippen LogP contribution in [0.3, 0.4) is 0 Å². The molecule has 2 aliphatic heterocycles. The molecule has 3 aromatic carbocycles. The topological polar surface area (TPSA) is 93.2 Å². The van der Waals surface area contributed by atoms with Crippen molar-refractivity contribution in [2.24, 2.45) is 0 Å². The Morgan fingerprint density at radius 1 is 0.667 bits per heavy atom. The molecule has 36 heavy (non-hydrogen) atoms. The van der Waals surface area contributed by atoms with Crippen LogP contribution in [-0.2, 0) is 19.1 Å². The van der Waals surface area contributed by atoms with Crippen molar-refractivity contribution < 1.29 is 28.7 Å². The van der Waals surface area contributed by atoms with Crippen LogP contribution in [0.1, 0.15) is 58.1 Å². The predicted molar refractivity (Wildman–Crippen MR) is 137 cm³/mol. The van der Waals surface area contributed by atoms with Gasteiger partial charge in [-0.3, -0.25) is 19.4 Å². The lowest BCUT2D eigenvalue weighted by Gasteiger charge is -2.37. The molecule has 0 N–H and O–H groups in total. The zero-order valence-electron chi connectivity index (χ0n) is 19.0. The lowest BCUT2D eigenvalue weighted by Crippen LogP contribution is -2.41.